The molecule has 0 aliphatic heterocycles. The van der Waals surface area contributed by atoms with Crippen LogP contribution < -0.4 is 5.32 Å². The Morgan fingerprint density at radius 2 is 1.94 bits per heavy atom. The minimum Gasteiger partial charge on any atom is -0.351 e. The van der Waals surface area contributed by atoms with Gasteiger partial charge in [-0.2, -0.15) is 0 Å². The molecule has 1 N–H and O–H groups in total. The third-order valence-electron chi connectivity index (χ3n) is 2.77. The van der Waals surface area contributed by atoms with Crippen molar-refractivity contribution in [1.29, 1.82) is 0 Å². The van der Waals surface area contributed by atoms with Gasteiger partial charge in [0.05, 0.1) is 6.20 Å². The topological polar surface area (TPSA) is 42.0 Å². The van der Waals surface area contributed by atoms with Gasteiger partial charge in [0, 0.05) is 6.54 Å². The second-order valence-electron chi connectivity index (χ2n) is 4.35. The predicted molar refractivity (Wildman–Crippen MR) is 80.1 cm³/mol. The van der Waals surface area contributed by atoms with Crippen LogP contribution in [0.15, 0.2) is 10.1 Å². The van der Waals surface area contributed by atoms with Crippen molar-refractivity contribution >= 4 is 33.2 Å². The van der Waals surface area contributed by atoms with Crippen molar-refractivity contribution in [1.82, 2.24) is 10.3 Å². The van der Waals surface area contributed by atoms with Crippen LogP contribution >= 0.6 is 27.3 Å². The number of halogens is 1. The fourth-order valence-electron chi connectivity index (χ4n) is 1.73. The molecule has 1 heterocycles. The zero-order valence-corrected chi connectivity index (χ0v) is 13.3. The summed E-state index contributed by atoms with van der Waals surface area (Å²) in [5, 5.41) is 2.92. The number of amides is 1. The van der Waals surface area contributed by atoms with Gasteiger partial charge in [-0.05, 0) is 22.4 Å². The average Bonchev–Trinajstić information content (AvgIpc) is 2.79. The van der Waals surface area contributed by atoms with Gasteiger partial charge in [-0.3, -0.25) is 4.79 Å². The molecule has 1 aromatic rings. The summed E-state index contributed by atoms with van der Waals surface area (Å²) in [5.41, 5.74) is 0. The zero-order valence-electron chi connectivity index (χ0n) is 10.9. The van der Waals surface area contributed by atoms with Crippen LogP contribution in [0.1, 0.15) is 61.5 Å². The van der Waals surface area contributed by atoms with Gasteiger partial charge in [0.2, 0.25) is 0 Å². The number of nitrogens with zero attached hydrogens (tertiary/aromatic N) is 1. The Kier molecular flexibility index (Phi) is 8.25. The van der Waals surface area contributed by atoms with Crippen LogP contribution in [-0.2, 0) is 0 Å². The van der Waals surface area contributed by atoms with E-state index >= 15 is 0 Å². The molecule has 0 spiro atoms. The minimum absolute atomic E-state index is 0.0100. The number of thiazole rings is 1. The number of hydrogen-bond donors (Lipinski definition) is 1. The maximum Gasteiger partial charge on any atom is 0.263 e. The van der Waals surface area contributed by atoms with E-state index < -0.39 is 0 Å². The summed E-state index contributed by atoms with van der Waals surface area (Å²) in [4.78, 5) is 16.3. The zero-order chi connectivity index (χ0) is 13.2. The number of carbonyl (C=O) groups excluding carboxylic acids is 1. The van der Waals surface area contributed by atoms with Crippen LogP contribution in [0.2, 0.25) is 0 Å². The quantitative estimate of drug-likeness (QED) is 0.681. The summed E-state index contributed by atoms with van der Waals surface area (Å²) in [6.07, 6.45) is 10.5. The van der Waals surface area contributed by atoms with Crippen molar-refractivity contribution in [2.24, 2.45) is 0 Å². The Bertz CT molecular complexity index is 355. The Hall–Kier alpha value is -0.420. The molecular weight excluding hydrogens is 312 g/mol. The van der Waals surface area contributed by atoms with Crippen LogP contribution in [0.25, 0.3) is 0 Å². The van der Waals surface area contributed by atoms with E-state index in [1.54, 1.807) is 6.20 Å². The maximum atomic E-state index is 11.7. The lowest BCUT2D eigenvalue weighted by atomic mass is 10.1. The molecule has 0 atom stereocenters. The minimum atomic E-state index is -0.0100. The van der Waals surface area contributed by atoms with Crippen LogP contribution in [0.3, 0.4) is 0 Å². The number of hydrogen-bond acceptors (Lipinski definition) is 3. The molecule has 0 bridgehead atoms. The summed E-state index contributed by atoms with van der Waals surface area (Å²) in [6.45, 7) is 3.00. The molecule has 0 saturated heterocycles. The first-order valence-electron chi connectivity index (χ1n) is 6.63. The highest BCUT2D eigenvalue weighted by Gasteiger charge is 2.08. The van der Waals surface area contributed by atoms with Crippen molar-refractivity contribution in [3.8, 4) is 0 Å². The molecule has 1 rings (SSSR count). The van der Waals surface area contributed by atoms with Crippen molar-refractivity contribution in [2.45, 2.75) is 51.9 Å². The summed E-state index contributed by atoms with van der Waals surface area (Å²) < 4.78 is 0.753. The second-order valence-corrected chi connectivity index (χ2v) is 6.66. The monoisotopic (exact) mass is 332 g/mol. The van der Waals surface area contributed by atoms with Gasteiger partial charge < -0.3 is 5.32 Å². The van der Waals surface area contributed by atoms with E-state index in [0.717, 1.165) is 16.9 Å². The predicted octanol–water partition coefficient (Wildman–Crippen LogP) is 4.39. The molecule has 0 aliphatic rings. The molecule has 3 nitrogen and oxygen atoms in total. The van der Waals surface area contributed by atoms with Crippen LogP contribution in [0.5, 0.6) is 0 Å². The normalized spacial score (nSPS) is 10.6. The highest BCUT2D eigenvalue weighted by molar-refractivity contribution is 9.11. The van der Waals surface area contributed by atoms with Gasteiger partial charge in [-0.1, -0.05) is 45.4 Å². The highest BCUT2D eigenvalue weighted by Crippen LogP contribution is 2.18. The highest BCUT2D eigenvalue weighted by atomic mass is 79.9. The Morgan fingerprint density at radius 3 is 2.56 bits per heavy atom. The van der Waals surface area contributed by atoms with Crippen molar-refractivity contribution in [2.75, 3.05) is 6.54 Å². The lowest BCUT2D eigenvalue weighted by Gasteiger charge is -2.03. The summed E-state index contributed by atoms with van der Waals surface area (Å²) in [7, 11) is 0. The first-order valence-corrected chi connectivity index (χ1v) is 8.24. The Labute approximate surface area is 122 Å². The summed E-state index contributed by atoms with van der Waals surface area (Å²) in [6, 6.07) is 0. The Balaban J connectivity index is 1.99. The maximum absolute atomic E-state index is 11.7. The largest absolute Gasteiger partial charge is 0.351 e. The van der Waals surface area contributed by atoms with Crippen molar-refractivity contribution in [3.63, 3.8) is 0 Å². The fourth-order valence-corrected chi connectivity index (χ4v) is 2.91. The Morgan fingerprint density at radius 1 is 1.28 bits per heavy atom. The van der Waals surface area contributed by atoms with Gasteiger partial charge in [0.1, 0.15) is 4.88 Å². The molecule has 1 aromatic heterocycles. The van der Waals surface area contributed by atoms with Crippen molar-refractivity contribution in [3.05, 3.63) is 15.0 Å². The van der Waals surface area contributed by atoms with E-state index in [1.165, 1.54) is 49.9 Å². The second kappa shape index (κ2) is 9.50. The first kappa shape index (κ1) is 15.6. The van der Waals surface area contributed by atoms with Crippen LogP contribution in [-0.4, -0.2) is 17.4 Å². The summed E-state index contributed by atoms with van der Waals surface area (Å²) >= 11 is 4.62. The smallest absolute Gasteiger partial charge is 0.263 e. The lowest BCUT2D eigenvalue weighted by Crippen LogP contribution is -2.23. The van der Waals surface area contributed by atoms with Crippen LogP contribution in [0, 0.1) is 0 Å². The molecule has 0 fully saturated rings. The molecule has 0 aliphatic carbocycles. The van der Waals surface area contributed by atoms with Crippen molar-refractivity contribution < 1.29 is 4.79 Å². The van der Waals surface area contributed by atoms with E-state index in [1.807, 2.05) is 0 Å². The van der Waals surface area contributed by atoms with E-state index in [2.05, 4.69) is 33.2 Å². The number of nitrogens with one attached hydrogen (secondary N) is 1. The molecular formula is C13H21BrN2OS. The molecule has 5 heteroatoms. The molecule has 0 aromatic carbocycles. The molecule has 18 heavy (non-hydrogen) atoms. The van der Waals surface area contributed by atoms with Gasteiger partial charge >= 0.3 is 0 Å². The summed E-state index contributed by atoms with van der Waals surface area (Å²) in [5.74, 6) is -0.0100. The third-order valence-corrected chi connectivity index (χ3v) is 4.24. The fraction of sp³-hybridized carbons (Fsp3) is 0.692. The van der Waals surface area contributed by atoms with Crippen LogP contribution in [0.4, 0.5) is 0 Å². The SMILES string of the molecule is CCCCCCCCCNC(=O)c1cnc(Br)s1. The molecule has 1 amide bonds. The van der Waals surface area contributed by atoms with E-state index in [9.17, 15) is 4.79 Å². The molecule has 0 saturated carbocycles. The number of carbonyl (C=O) groups is 1. The average molecular weight is 333 g/mol. The lowest BCUT2D eigenvalue weighted by molar-refractivity contribution is 0.0957. The van der Waals surface area contributed by atoms with Gasteiger partial charge in [-0.25, -0.2) is 4.98 Å². The molecule has 0 radical (unpaired) electrons. The van der Waals surface area contributed by atoms with Gasteiger partial charge in [0.15, 0.2) is 3.92 Å². The third kappa shape index (κ3) is 6.50. The van der Waals surface area contributed by atoms with Gasteiger partial charge in [-0.15, -0.1) is 11.3 Å². The van der Waals surface area contributed by atoms with E-state index in [-0.39, 0.29) is 5.91 Å². The molecule has 102 valence electrons. The standard InChI is InChI=1S/C13H21BrN2OS/c1-2-3-4-5-6-7-8-9-15-12(17)11-10-16-13(14)18-11/h10H,2-9H2,1H3,(H,15,17). The van der Waals surface area contributed by atoms with Gasteiger partial charge in [0.25, 0.3) is 5.91 Å². The molecule has 0 unspecified atom stereocenters. The number of aromatic nitrogens is 1. The number of rotatable bonds is 9. The number of unbranched alkanes of at least 4 members (excludes halogenated alkanes) is 6. The van der Waals surface area contributed by atoms with E-state index in [0.29, 0.717) is 4.88 Å². The van der Waals surface area contributed by atoms with E-state index in [4.69, 9.17) is 0 Å². The first-order chi connectivity index (χ1) is 8.74.